The van der Waals surface area contributed by atoms with Crippen LogP contribution in [0, 0.1) is 5.92 Å². The van der Waals surface area contributed by atoms with Gasteiger partial charge < -0.3 is 10.1 Å². The molecule has 0 saturated carbocycles. The van der Waals surface area contributed by atoms with Crippen molar-refractivity contribution in [3.05, 3.63) is 29.3 Å². The summed E-state index contributed by atoms with van der Waals surface area (Å²) in [6.07, 6.45) is -2.65. The molecule has 5 heteroatoms. The van der Waals surface area contributed by atoms with Crippen LogP contribution in [0.1, 0.15) is 17.5 Å². The molecule has 1 N–H and O–H groups in total. The SMILES string of the molecule is COc1cc(CC2CCNC2)cc(C(F)(F)F)c1. The lowest BCUT2D eigenvalue weighted by atomic mass is 9.97. The fourth-order valence-electron chi connectivity index (χ4n) is 2.28. The van der Waals surface area contributed by atoms with Crippen LogP contribution in [-0.2, 0) is 12.6 Å². The zero-order valence-corrected chi connectivity index (χ0v) is 10.2. The maximum absolute atomic E-state index is 12.7. The Bertz CT molecular complexity index is 411. The van der Waals surface area contributed by atoms with Gasteiger partial charge in [-0.1, -0.05) is 0 Å². The number of hydrogen-bond acceptors (Lipinski definition) is 2. The summed E-state index contributed by atoms with van der Waals surface area (Å²) in [5.74, 6) is 0.684. The van der Waals surface area contributed by atoms with Gasteiger partial charge in [-0.25, -0.2) is 0 Å². The van der Waals surface area contributed by atoms with E-state index >= 15 is 0 Å². The number of hydrogen-bond donors (Lipinski definition) is 1. The van der Waals surface area contributed by atoms with Gasteiger partial charge in [0.25, 0.3) is 0 Å². The predicted octanol–water partition coefficient (Wildman–Crippen LogP) is 2.87. The van der Waals surface area contributed by atoms with Crippen molar-refractivity contribution in [3.63, 3.8) is 0 Å². The third-order valence-corrected chi connectivity index (χ3v) is 3.22. The minimum Gasteiger partial charge on any atom is -0.497 e. The molecule has 1 saturated heterocycles. The molecule has 1 aromatic carbocycles. The van der Waals surface area contributed by atoms with E-state index in [0.717, 1.165) is 25.6 Å². The Morgan fingerprint density at radius 3 is 2.67 bits per heavy atom. The van der Waals surface area contributed by atoms with Crippen LogP contribution in [0.2, 0.25) is 0 Å². The Balaban J connectivity index is 2.23. The van der Waals surface area contributed by atoms with Crippen LogP contribution in [0.5, 0.6) is 5.75 Å². The summed E-state index contributed by atoms with van der Waals surface area (Å²) in [4.78, 5) is 0. The van der Waals surface area contributed by atoms with Gasteiger partial charge in [0.1, 0.15) is 5.75 Å². The van der Waals surface area contributed by atoms with Gasteiger partial charge in [-0.05, 0) is 55.6 Å². The first kappa shape index (κ1) is 13.2. The largest absolute Gasteiger partial charge is 0.497 e. The monoisotopic (exact) mass is 259 g/mol. The Hall–Kier alpha value is -1.23. The molecule has 0 aliphatic carbocycles. The van der Waals surface area contributed by atoms with Gasteiger partial charge in [0, 0.05) is 0 Å². The Morgan fingerprint density at radius 1 is 1.33 bits per heavy atom. The Morgan fingerprint density at radius 2 is 2.11 bits per heavy atom. The van der Waals surface area contributed by atoms with Crippen molar-refractivity contribution in [1.29, 1.82) is 0 Å². The molecule has 0 bridgehead atoms. The third kappa shape index (κ3) is 3.16. The average Bonchev–Trinajstić information content (AvgIpc) is 2.80. The molecule has 1 fully saturated rings. The summed E-state index contributed by atoms with van der Waals surface area (Å²) in [5.41, 5.74) is 0.0539. The molecular formula is C13H16F3NO. The quantitative estimate of drug-likeness (QED) is 0.901. The van der Waals surface area contributed by atoms with Crippen molar-refractivity contribution in [2.75, 3.05) is 20.2 Å². The van der Waals surface area contributed by atoms with E-state index in [1.165, 1.54) is 13.2 Å². The maximum atomic E-state index is 12.7. The molecule has 100 valence electrons. The highest BCUT2D eigenvalue weighted by atomic mass is 19.4. The molecule has 2 rings (SSSR count). The maximum Gasteiger partial charge on any atom is 0.416 e. The van der Waals surface area contributed by atoms with Gasteiger partial charge >= 0.3 is 6.18 Å². The van der Waals surface area contributed by atoms with Crippen molar-refractivity contribution in [2.45, 2.75) is 19.0 Å². The molecule has 2 nitrogen and oxygen atoms in total. The topological polar surface area (TPSA) is 21.3 Å². The van der Waals surface area contributed by atoms with E-state index in [-0.39, 0.29) is 5.75 Å². The van der Waals surface area contributed by atoms with Gasteiger partial charge in [0.2, 0.25) is 0 Å². The van der Waals surface area contributed by atoms with E-state index in [2.05, 4.69) is 5.32 Å². The van der Waals surface area contributed by atoms with Gasteiger partial charge in [0.05, 0.1) is 12.7 Å². The second-order valence-corrected chi connectivity index (χ2v) is 4.63. The second kappa shape index (κ2) is 5.18. The summed E-state index contributed by atoms with van der Waals surface area (Å²) in [5, 5.41) is 3.21. The van der Waals surface area contributed by atoms with Gasteiger partial charge in [-0.2, -0.15) is 13.2 Å². The fourth-order valence-corrected chi connectivity index (χ4v) is 2.28. The van der Waals surface area contributed by atoms with E-state index in [0.29, 0.717) is 17.9 Å². The van der Waals surface area contributed by atoms with Gasteiger partial charge in [-0.15, -0.1) is 0 Å². The summed E-state index contributed by atoms with van der Waals surface area (Å²) in [6, 6.07) is 3.95. The molecule has 0 radical (unpaired) electrons. The molecule has 0 aromatic heterocycles. The molecule has 0 spiro atoms. The number of methoxy groups -OCH3 is 1. The number of benzene rings is 1. The second-order valence-electron chi connectivity index (χ2n) is 4.63. The summed E-state index contributed by atoms with van der Waals surface area (Å²) in [6.45, 7) is 1.82. The van der Waals surface area contributed by atoms with Crippen molar-refractivity contribution in [2.24, 2.45) is 5.92 Å². The summed E-state index contributed by atoms with van der Waals surface area (Å²) in [7, 11) is 1.39. The summed E-state index contributed by atoms with van der Waals surface area (Å²) < 4.78 is 43.1. The fraction of sp³-hybridized carbons (Fsp3) is 0.538. The molecule has 1 aromatic rings. The van der Waals surface area contributed by atoms with E-state index in [4.69, 9.17) is 4.74 Å². The molecular weight excluding hydrogens is 243 g/mol. The molecule has 1 unspecified atom stereocenters. The van der Waals surface area contributed by atoms with E-state index in [9.17, 15) is 13.2 Å². The normalized spacial score (nSPS) is 20.1. The lowest BCUT2D eigenvalue weighted by molar-refractivity contribution is -0.137. The predicted molar refractivity (Wildman–Crippen MR) is 62.7 cm³/mol. The first-order valence-electron chi connectivity index (χ1n) is 5.95. The number of nitrogens with one attached hydrogen (secondary N) is 1. The van der Waals surface area contributed by atoms with Crippen molar-refractivity contribution in [3.8, 4) is 5.75 Å². The Kier molecular flexibility index (Phi) is 3.80. The lowest BCUT2D eigenvalue weighted by Gasteiger charge is -2.13. The standard InChI is InChI=1S/C13H16F3NO/c1-18-12-6-10(4-9-2-3-17-8-9)5-11(7-12)13(14,15)16/h5-7,9,17H,2-4,8H2,1H3. The zero-order chi connectivity index (χ0) is 13.2. The molecule has 1 aliphatic rings. The number of ether oxygens (including phenoxy) is 1. The van der Waals surface area contributed by atoms with Crippen molar-refractivity contribution < 1.29 is 17.9 Å². The van der Waals surface area contributed by atoms with Crippen LogP contribution < -0.4 is 10.1 Å². The summed E-state index contributed by atoms with van der Waals surface area (Å²) >= 11 is 0. The Labute approximate surface area is 104 Å². The van der Waals surface area contributed by atoms with Gasteiger partial charge in [0.15, 0.2) is 0 Å². The van der Waals surface area contributed by atoms with Gasteiger partial charge in [-0.3, -0.25) is 0 Å². The minimum atomic E-state index is -4.32. The highest BCUT2D eigenvalue weighted by molar-refractivity contribution is 5.36. The number of halogens is 3. The number of alkyl halides is 3. The smallest absolute Gasteiger partial charge is 0.416 e. The van der Waals surface area contributed by atoms with Crippen molar-refractivity contribution >= 4 is 0 Å². The minimum absolute atomic E-state index is 0.269. The first-order valence-corrected chi connectivity index (χ1v) is 5.95. The van der Waals surface area contributed by atoms with Crippen LogP contribution in [-0.4, -0.2) is 20.2 Å². The average molecular weight is 259 g/mol. The molecule has 1 atom stereocenters. The van der Waals surface area contributed by atoms with Crippen molar-refractivity contribution in [1.82, 2.24) is 5.32 Å². The first-order chi connectivity index (χ1) is 8.49. The van der Waals surface area contributed by atoms with Crippen LogP contribution in [0.4, 0.5) is 13.2 Å². The molecule has 1 aliphatic heterocycles. The van der Waals surface area contributed by atoms with Crippen LogP contribution >= 0.6 is 0 Å². The highest BCUT2D eigenvalue weighted by Crippen LogP contribution is 2.33. The highest BCUT2D eigenvalue weighted by Gasteiger charge is 2.31. The van der Waals surface area contributed by atoms with E-state index in [1.807, 2.05) is 0 Å². The molecule has 0 amide bonds. The number of rotatable bonds is 3. The van der Waals surface area contributed by atoms with Crippen LogP contribution in [0.25, 0.3) is 0 Å². The third-order valence-electron chi connectivity index (χ3n) is 3.22. The van der Waals surface area contributed by atoms with E-state index in [1.54, 1.807) is 6.07 Å². The van der Waals surface area contributed by atoms with Crippen LogP contribution in [0.15, 0.2) is 18.2 Å². The molecule has 18 heavy (non-hydrogen) atoms. The van der Waals surface area contributed by atoms with Crippen LogP contribution in [0.3, 0.4) is 0 Å². The zero-order valence-electron chi connectivity index (χ0n) is 10.2. The molecule has 1 heterocycles. The lowest BCUT2D eigenvalue weighted by Crippen LogP contribution is -2.12. The van der Waals surface area contributed by atoms with E-state index < -0.39 is 11.7 Å².